The first-order valence-electron chi connectivity index (χ1n) is 6.22. The number of amides is 2. The summed E-state index contributed by atoms with van der Waals surface area (Å²) in [5.74, 6) is -1.49. The number of urea groups is 1. The molecule has 0 aliphatic heterocycles. The van der Waals surface area contributed by atoms with E-state index in [1.807, 2.05) is 13.8 Å². The molecule has 0 aliphatic rings. The van der Waals surface area contributed by atoms with Crippen molar-refractivity contribution in [3.63, 3.8) is 0 Å². The summed E-state index contributed by atoms with van der Waals surface area (Å²) in [7, 11) is 0. The van der Waals surface area contributed by atoms with Gasteiger partial charge in [0.15, 0.2) is 0 Å². The number of carbonyl (C=O) groups is 2. The third-order valence-corrected chi connectivity index (χ3v) is 2.41. The summed E-state index contributed by atoms with van der Waals surface area (Å²) in [6, 6.07) is -0.322. The van der Waals surface area contributed by atoms with Crippen molar-refractivity contribution in [2.45, 2.75) is 53.5 Å². The number of aliphatic carboxylic acids is 1. The van der Waals surface area contributed by atoms with Gasteiger partial charge in [-0.1, -0.05) is 27.7 Å². The van der Waals surface area contributed by atoms with Crippen LogP contribution in [0.15, 0.2) is 0 Å². The first-order chi connectivity index (χ1) is 7.93. The molecule has 18 heavy (non-hydrogen) atoms. The minimum atomic E-state index is -0.913. The van der Waals surface area contributed by atoms with Crippen LogP contribution in [0, 0.1) is 11.3 Å². The zero-order chi connectivity index (χ0) is 14.6. The van der Waals surface area contributed by atoms with E-state index in [1.165, 1.54) is 0 Å². The van der Waals surface area contributed by atoms with Gasteiger partial charge in [-0.2, -0.15) is 0 Å². The lowest BCUT2D eigenvalue weighted by atomic mass is 9.82. The maximum atomic E-state index is 11.7. The molecule has 5 nitrogen and oxygen atoms in total. The van der Waals surface area contributed by atoms with Crippen molar-refractivity contribution in [3.8, 4) is 0 Å². The SMILES string of the molecule is CC(CNC(=O)NC(C)(C)CC(C)(C)C)C(=O)O. The van der Waals surface area contributed by atoms with E-state index in [9.17, 15) is 9.59 Å². The minimum absolute atomic E-state index is 0.116. The molecular weight excluding hydrogens is 232 g/mol. The number of carboxylic acids is 1. The average molecular weight is 258 g/mol. The molecule has 0 aromatic carbocycles. The molecule has 0 fully saturated rings. The highest BCUT2D eigenvalue weighted by Crippen LogP contribution is 2.26. The fourth-order valence-corrected chi connectivity index (χ4v) is 2.05. The van der Waals surface area contributed by atoms with E-state index in [4.69, 9.17) is 5.11 Å². The standard InChI is InChI=1S/C13H26N2O3/c1-9(10(16)17)7-14-11(18)15-13(5,6)8-12(2,3)4/h9H,7-8H2,1-6H3,(H,16,17)(H2,14,15,18). The lowest BCUT2D eigenvalue weighted by Gasteiger charge is -2.33. The Morgan fingerprint density at radius 1 is 1.17 bits per heavy atom. The third-order valence-electron chi connectivity index (χ3n) is 2.41. The Bertz CT molecular complexity index is 306. The Labute approximate surface area is 109 Å². The summed E-state index contributed by atoms with van der Waals surface area (Å²) in [5.41, 5.74) is -0.208. The van der Waals surface area contributed by atoms with Crippen LogP contribution in [0.5, 0.6) is 0 Å². The van der Waals surface area contributed by atoms with Gasteiger partial charge in [-0.3, -0.25) is 4.79 Å². The monoisotopic (exact) mass is 258 g/mol. The molecule has 1 unspecified atom stereocenters. The number of hydrogen-bond donors (Lipinski definition) is 3. The lowest BCUT2D eigenvalue weighted by molar-refractivity contribution is -0.140. The summed E-state index contributed by atoms with van der Waals surface area (Å²) in [6.45, 7) is 11.9. The topological polar surface area (TPSA) is 78.4 Å². The van der Waals surface area contributed by atoms with Crippen LogP contribution in [0.2, 0.25) is 0 Å². The molecule has 0 bridgehead atoms. The van der Waals surface area contributed by atoms with Gasteiger partial charge in [-0.25, -0.2) is 4.79 Å². The van der Waals surface area contributed by atoms with Crippen molar-refractivity contribution in [1.82, 2.24) is 10.6 Å². The zero-order valence-electron chi connectivity index (χ0n) is 12.3. The van der Waals surface area contributed by atoms with Crippen LogP contribution in [-0.2, 0) is 4.79 Å². The fraction of sp³-hybridized carbons (Fsp3) is 0.846. The average Bonchev–Trinajstić information content (AvgIpc) is 2.08. The molecule has 0 aromatic rings. The summed E-state index contributed by atoms with van der Waals surface area (Å²) >= 11 is 0. The number of carbonyl (C=O) groups excluding carboxylic acids is 1. The molecule has 106 valence electrons. The van der Waals surface area contributed by atoms with Gasteiger partial charge < -0.3 is 15.7 Å². The van der Waals surface area contributed by atoms with Crippen molar-refractivity contribution in [3.05, 3.63) is 0 Å². The Morgan fingerprint density at radius 2 is 1.67 bits per heavy atom. The van der Waals surface area contributed by atoms with Crippen molar-refractivity contribution < 1.29 is 14.7 Å². The Balaban J connectivity index is 4.19. The maximum absolute atomic E-state index is 11.7. The smallest absolute Gasteiger partial charge is 0.315 e. The van der Waals surface area contributed by atoms with E-state index in [1.54, 1.807) is 6.92 Å². The molecule has 0 radical (unpaired) electrons. The highest BCUT2D eigenvalue weighted by Gasteiger charge is 2.27. The van der Waals surface area contributed by atoms with Crippen LogP contribution in [-0.4, -0.2) is 29.2 Å². The van der Waals surface area contributed by atoms with Crippen LogP contribution in [0.3, 0.4) is 0 Å². The number of nitrogens with one attached hydrogen (secondary N) is 2. The Kier molecular flexibility index (Phi) is 5.64. The van der Waals surface area contributed by atoms with Gasteiger partial charge in [0.25, 0.3) is 0 Å². The summed E-state index contributed by atoms with van der Waals surface area (Å²) in [5, 5.41) is 14.1. The van der Waals surface area contributed by atoms with Crippen LogP contribution < -0.4 is 10.6 Å². The second-order valence-electron chi connectivity index (χ2n) is 6.70. The molecule has 0 spiro atoms. The van der Waals surface area contributed by atoms with Crippen molar-refractivity contribution in [2.75, 3.05) is 6.54 Å². The maximum Gasteiger partial charge on any atom is 0.315 e. The van der Waals surface area contributed by atoms with Gasteiger partial charge in [0.05, 0.1) is 5.92 Å². The largest absolute Gasteiger partial charge is 0.481 e. The van der Waals surface area contributed by atoms with E-state index in [0.29, 0.717) is 0 Å². The van der Waals surface area contributed by atoms with Gasteiger partial charge in [-0.15, -0.1) is 0 Å². The summed E-state index contributed by atoms with van der Waals surface area (Å²) < 4.78 is 0. The predicted octanol–water partition coefficient (Wildman–Crippen LogP) is 2.22. The summed E-state index contributed by atoms with van der Waals surface area (Å²) in [4.78, 5) is 22.3. The van der Waals surface area contributed by atoms with Crippen LogP contribution in [0.25, 0.3) is 0 Å². The molecule has 0 aromatic heterocycles. The first-order valence-corrected chi connectivity index (χ1v) is 6.22. The molecule has 0 saturated carbocycles. The lowest BCUT2D eigenvalue weighted by Crippen LogP contribution is -2.50. The van der Waals surface area contributed by atoms with E-state index in [-0.39, 0.29) is 23.5 Å². The Morgan fingerprint density at radius 3 is 2.06 bits per heavy atom. The molecule has 0 saturated heterocycles. The third kappa shape index (κ3) is 7.92. The highest BCUT2D eigenvalue weighted by molar-refractivity contribution is 5.76. The van der Waals surface area contributed by atoms with Crippen molar-refractivity contribution in [1.29, 1.82) is 0 Å². The van der Waals surface area contributed by atoms with E-state index < -0.39 is 11.9 Å². The van der Waals surface area contributed by atoms with E-state index in [2.05, 4.69) is 31.4 Å². The number of carboxylic acid groups (broad SMARTS) is 1. The molecule has 5 heteroatoms. The quantitative estimate of drug-likeness (QED) is 0.707. The van der Waals surface area contributed by atoms with E-state index in [0.717, 1.165) is 6.42 Å². The van der Waals surface area contributed by atoms with Gasteiger partial charge in [0.1, 0.15) is 0 Å². The predicted molar refractivity (Wildman–Crippen MR) is 71.5 cm³/mol. The molecule has 0 heterocycles. The molecule has 2 amide bonds. The number of rotatable bonds is 5. The van der Waals surface area contributed by atoms with Crippen molar-refractivity contribution >= 4 is 12.0 Å². The molecule has 1 atom stereocenters. The highest BCUT2D eigenvalue weighted by atomic mass is 16.4. The van der Waals surface area contributed by atoms with Gasteiger partial charge in [0.2, 0.25) is 0 Å². The summed E-state index contributed by atoms with van der Waals surface area (Å²) in [6.07, 6.45) is 0.835. The Hall–Kier alpha value is -1.26. The number of hydrogen-bond acceptors (Lipinski definition) is 2. The van der Waals surface area contributed by atoms with E-state index >= 15 is 0 Å². The second kappa shape index (κ2) is 6.07. The van der Waals surface area contributed by atoms with Crippen LogP contribution in [0.4, 0.5) is 4.79 Å². The molecule has 0 rings (SSSR count). The van der Waals surface area contributed by atoms with Crippen molar-refractivity contribution in [2.24, 2.45) is 11.3 Å². The minimum Gasteiger partial charge on any atom is -0.481 e. The zero-order valence-corrected chi connectivity index (χ0v) is 12.3. The van der Waals surface area contributed by atoms with Gasteiger partial charge in [-0.05, 0) is 25.7 Å². The molecule has 3 N–H and O–H groups in total. The molecular formula is C13H26N2O3. The van der Waals surface area contributed by atoms with Crippen LogP contribution >= 0.6 is 0 Å². The first kappa shape index (κ1) is 16.7. The molecule has 0 aliphatic carbocycles. The van der Waals surface area contributed by atoms with Gasteiger partial charge in [0, 0.05) is 12.1 Å². The fourth-order valence-electron chi connectivity index (χ4n) is 2.05. The van der Waals surface area contributed by atoms with Gasteiger partial charge >= 0.3 is 12.0 Å². The van der Waals surface area contributed by atoms with Crippen LogP contribution in [0.1, 0.15) is 48.0 Å². The second-order valence-corrected chi connectivity index (χ2v) is 6.70. The normalized spacial score (nSPS) is 13.9.